The first kappa shape index (κ1) is 14.0. The molecular weight excluding hydrogens is 312 g/mol. The highest BCUT2D eigenvalue weighted by Gasteiger charge is 2.29. The Bertz CT molecular complexity index is 934. The zero-order valence-corrected chi connectivity index (χ0v) is 13.6. The van der Waals surface area contributed by atoms with Crippen LogP contribution in [0.5, 0.6) is 11.5 Å². The summed E-state index contributed by atoms with van der Waals surface area (Å²) in [4.78, 5) is 5.37. The van der Waals surface area contributed by atoms with Gasteiger partial charge >= 0.3 is 0 Å². The SMILES string of the molecule is COc1ccc(-c2nc3sc(C4CC4)nn3c2C#N)c(OC)c1. The predicted octanol–water partition coefficient (Wildman–Crippen LogP) is 3.22. The minimum atomic E-state index is 0.437. The molecule has 116 valence electrons. The molecule has 0 aliphatic heterocycles. The summed E-state index contributed by atoms with van der Waals surface area (Å²) >= 11 is 1.56. The third kappa shape index (κ3) is 2.23. The summed E-state index contributed by atoms with van der Waals surface area (Å²) in [5.41, 5.74) is 1.79. The second kappa shape index (κ2) is 5.25. The van der Waals surface area contributed by atoms with E-state index in [9.17, 15) is 5.26 Å². The zero-order chi connectivity index (χ0) is 16.0. The summed E-state index contributed by atoms with van der Waals surface area (Å²) in [5, 5.41) is 15.2. The van der Waals surface area contributed by atoms with Crippen molar-refractivity contribution in [2.45, 2.75) is 18.8 Å². The summed E-state index contributed by atoms with van der Waals surface area (Å²) in [6, 6.07) is 7.69. The molecule has 0 bridgehead atoms. The lowest BCUT2D eigenvalue weighted by atomic mass is 10.1. The van der Waals surface area contributed by atoms with E-state index in [0.717, 1.165) is 15.5 Å². The highest BCUT2D eigenvalue weighted by Crippen LogP contribution is 2.43. The van der Waals surface area contributed by atoms with Crippen LogP contribution in [0, 0.1) is 11.3 Å². The molecule has 1 aliphatic carbocycles. The monoisotopic (exact) mass is 326 g/mol. The summed E-state index contributed by atoms with van der Waals surface area (Å²) in [6.45, 7) is 0. The minimum absolute atomic E-state index is 0.437. The third-order valence-electron chi connectivity index (χ3n) is 3.92. The molecule has 1 aromatic carbocycles. The number of aromatic nitrogens is 3. The van der Waals surface area contributed by atoms with E-state index >= 15 is 0 Å². The maximum Gasteiger partial charge on any atom is 0.214 e. The fourth-order valence-corrected chi connectivity index (χ4v) is 3.61. The van der Waals surface area contributed by atoms with E-state index in [1.807, 2.05) is 12.1 Å². The smallest absolute Gasteiger partial charge is 0.214 e. The Labute approximate surface area is 136 Å². The normalized spacial score (nSPS) is 14.0. The van der Waals surface area contributed by atoms with Gasteiger partial charge in [0.1, 0.15) is 28.3 Å². The first-order valence-electron chi connectivity index (χ1n) is 7.27. The van der Waals surface area contributed by atoms with Crippen molar-refractivity contribution in [3.05, 3.63) is 28.9 Å². The molecule has 2 aromatic heterocycles. The number of rotatable bonds is 4. The molecule has 1 fully saturated rings. The minimum Gasteiger partial charge on any atom is -0.497 e. The van der Waals surface area contributed by atoms with E-state index in [-0.39, 0.29) is 0 Å². The quantitative estimate of drug-likeness (QED) is 0.736. The average molecular weight is 326 g/mol. The van der Waals surface area contributed by atoms with Crippen LogP contribution in [0.25, 0.3) is 16.2 Å². The first-order valence-corrected chi connectivity index (χ1v) is 8.08. The maximum atomic E-state index is 9.58. The molecule has 0 saturated heterocycles. The van der Waals surface area contributed by atoms with Crippen LogP contribution in [0.2, 0.25) is 0 Å². The Balaban J connectivity index is 1.88. The number of hydrogen-bond acceptors (Lipinski definition) is 6. The molecule has 0 unspecified atom stereocenters. The third-order valence-corrected chi connectivity index (χ3v) is 4.99. The van der Waals surface area contributed by atoms with Crippen LogP contribution >= 0.6 is 11.3 Å². The average Bonchev–Trinajstić information content (AvgIpc) is 3.26. The largest absolute Gasteiger partial charge is 0.497 e. The van der Waals surface area contributed by atoms with Crippen molar-refractivity contribution in [3.8, 4) is 28.8 Å². The summed E-state index contributed by atoms with van der Waals surface area (Å²) in [6.07, 6.45) is 2.36. The van der Waals surface area contributed by atoms with Gasteiger partial charge in [0.15, 0.2) is 5.69 Å². The van der Waals surface area contributed by atoms with Gasteiger partial charge in [-0.2, -0.15) is 14.9 Å². The number of nitriles is 1. The molecular formula is C16H14N4O2S. The Hall–Kier alpha value is -2.59. The number of benzene rings is 1. The van der Waals surface area contributed by atoms with Crippen molar-refractivity contribution < 1.29 is 9.47 Å². The van der Waals surface area contributed by atoms with Gasteiger partial charge in [0, 0.05) is 17.5 Å². The predicted molar refractivity (Wildman–Crippen MR) is 86.1 cm³/mol. The van der Waals surface area contributed by atoms with Gasteiger partial charge in [-0.25, -0.2) is 4.98 Å². The molecule has 0 atom stereocenters. The number of fused-ring (bicyclic) bond motifs is 1. The standard InChI is InChI=1S/C16H14N4O2S/c1-21-10-5-6-11(13(7-10)22-2)14-12(8-17)20-16(18-14)23-15(19-20)9-3-4-9/h5-7,9H,3-4H2,1-2H3. The van der Waals surface area contributed by atoms with E-state index in [2.05, 4.69) is 16.2 Å². The fourth-order valence-electron chi connectivity index (χ4n) is 2.54. The lowest BCUT2D eigenvalue weighted by Crippen LogP contribution is -1.94. The van der Waals surface area contributed by atoms with Gasteiger partial charge < -0.3 is 9.47 Å². The zero-order valence-electron chi connectivity index (χ0n) is 12.7. The second-order valence-corrected chi connectivity index (χ2v) is 6.38. The summed E-state index contributed by atoms with van der Waals surface area (Å²) < 4.78 is 12.3. The Morgan fingerprint density at radius 2 is 2.13 bits per heavy atom. The lowest BCUT2D eigenvalue weighted by molar-refractivity contribution is 0.395. The van der Waals surface area contributed by atoms with E-state index in [1.54, 1.807) is 36.1 Å². The van der Waals surface area contributed by atoms with E-state index in [4.69, 9.17) is 9.47 Å². The number of nitrogens with zero attached hydrogens (tertiary/aromatic N) is 4. The van der Waals surface area contributed by atoms with Gasteiger partial charge in [-0.05, 0) is 25.0 Å². The van der Waals surface area contributed by atoms with Crippen molar-refractivity contribution in [1.29, 1.82) is 5.26 Å². The van der Waals surface area contributed by atoms with Gasteiger partial charge in [-0.3, -0.25) is 0 Å². The van der Waals surface area contributed by atoms with Gasteiger partial charge in [0.2, 0.25) is 4.96 Å². The number of ether oxygens (including phenoxy) is 2. The van der Waals surface area contributed by atoms with Crippen LogP contribution in [-0.2, 0) is 0 Å². The van der Waals surface area contributed by atoms with Gasteiger partial charge in [-0.15, -0.1) is 0 Å². The molecule has 1 saturated carbocycles. The molecule has 0 amide bonds. The van der Waals surface area contributed by atoms with Crippen LogP contribution in [0.1, 0.15) is 29.5 Å². The highest BCUT2D eigenvalue weighted by molar-refractivity contribution is 7.16. The molecule has 0 N–H and O–H groups in total. The van der Waals surface area contributed by atoms with Crippen molar-refractivity contribution in [2.75, 3.05) is 14.2 Å². The van der Waals surface area contributed by atoms with Gasteiger partial charge in [0.05, 0.1) is 14.2 Å². The topological polar surface area (TPSA) is 72.4 Å². The van der Waals surface area contributed by atoms with Crippen LogP contribution < -0.4 is 9.47 Å². The fraction of sp³-hybridized carbons (Fsp3) is 0.312. The number of hydrogen-bond donors (Lipinski definition) is 0. The number of methoxy groups -OCH3 is 2. The molecule has 4 rings (SSSR count). The van der Waals surface area contributed by atoms with E-state index < -0.39 is 0 Å². The van der Waals surface area contributed by atoms with E-state index in [1.165, 1.54) is 12.8 Å². The van der Waals surface area contributed by atoms with Crippen LogP contribution in [0.3, 0.4) is 0 Å². The van der Waals surface area contributed by atoms with Crippen molar-refractivity contribution in [3.63, 3.8) is 0 Å². The summed E-state index contributed by atoms with van der Waals surface area (Å²) in [7, 11) is 3.19. The van der Waals surface area contributed by atoms with E-state index in [0.29, 0.717) is 28.8 Å². The summed E-state index contributed by atoms with van der Waals surface area (Å²) in [5.74, 6) is 1.86. The highest BCUT2D eigenvalue weighted by atomic mass is 32.1. The van der Waals surface area contributed by atoms with Crippen molar-refractivity contribution in [1.82, 2.24) is 14.6 Å². The number of imidazole rings is 1. The van der Waals surface area contributed by atoms with Crippen LogP contribution in [-0.4, -0.2) is 28.8 Å². The van der Waals surface area contributed by atoms with Gasteiger partial charge in [0.25, 0.3) is 0 Å². The Morgan fingerprint density at radius 1 is 1.30 bits per heavy atom. The molecule has 7 heteroatoms. The van der Waals surface area contributed by atoms with Crippen LogP contribution in [0.4, 0.5) is 0 Å². The Kier molecular flexibility index (Phi) is 3.20. The van der Waals surface area contributed by atoms with Crippen LogP contribution in [0.15, 0.2) is 18.2 Å². The molecule has 6 nitrogen and oxygen atoms in total. The molecule has 0 radical (unpaired) electrons. The second-order valence-electron chi connectivity index (χ2n) is 5.40. The molecule has 0 spiro atoms. The van der Waals surface area contributed by atoms with Crippen molar-refractivity contribution >= 4 is 16.3 Å². The van der Waals surface area contributed by atoms with Gasteiger partial charge in [-0.1, -0.05) is 11.3 Å². The molecule has 3 aromatic rings. The maximum absolute atomic E-state index is 9.58. The van der Waals surface area contributed by atoms with Crippen molar-refractivity contribution in [2.24, 2.45) is 0 Å². The lowest BCUT2D eigenvalue weighted by Gasteiger charge is -2.08. The Morgan fingerprint density at radius 3 is 2.78 bits per heavy atom. The molecule has 2 heterocycles. The molecule has 23 heavy (non-hydrogen) atoms. The molecule has 1 aliphatic rings. The first-order chi connectivity index (χ1) is 11.2.